The molecule has 1 heterocycles. The number of fused-ring (bicyclic) bond motifs is 1. The van der Waals surface area contributed by atoms with Gasteiger partial charge in [0, 0.05) is 12.4 Å². The van der Waals surface area contributed by atoms with Gasteiger partial charge >= 0.3 is 0 Å². The maximum atomic E-state index is 12.4. The Morgan fingerprint density at radius 2 is 1.80 bits per heavy atom. The summed E-state index contributed by atoms with van der Waals surface area (Å²) < 4.78 is 0. The lowest BCUT2D eigenvalue weighted by atomic mass is 10.0. The van der Waals surface area contributed by atoms with E-state index in [1.54, 1.807) is 24.4 Å². The number of nitrogens with one attached hydrogen (secondary N) is 1. The minimum absolute atomic E-state index is 0.0337. The fourth-order valence-corrected chi connectivity index (χ4v) is 1.99. The summed E-state index contributed by atoms with van der Waals surface area (Å²) in [4.78, 5) is 16.7. The number of phenols is 1. The minimum Gasteiger partial charge on any atom is -0.507 e. The van der Waals surface area contributed by atoms with Crippen LogP contribution in [0.2, 0.25) is 0 Å². The first-order valence-corrected chi connectivity index (χ1v) is 6.18. The van der Waals surface area contributed by atoms with Crippen LogP contribution in [0.5, 0.6) is 5.75 Å². The molecule has 4 heteroatoms. The molecule has 0 spiro atoms. The van der Waals surface area contributed by atoms with Crippen molar-refractivity contribution in [2.75, 3.05) is 5.32 Å². The predicted octanol–water partition coefficient (Wildman–Crippen LogP) is 3.29. The van der Waals surface area contributed by atoms with E-state index in [1.165, 1.54) is 12.3 Å². The molecule has 98 valence electrons. The van der Waals surface area contributed by atoms with Gasteiger partial charge in [0.05, 0.1) is 22.5 Å². The number of aliphatic imine (C=N–C) groups is 1. The van der Waals surface area contributed by atoms with Gasteiger partial charge in [-0.2, -0.15) is 0 Å². The Kier molecular flexibility index (Phi) is 3.05. The fraction of sp³-hybridized carbons (Fsp3) is 0. The third-order valence-electron chi connectivity index (χ3n) is 3.04. The number of anilines is 1. The lowest BCUT2D eigenvalue weighted by molar-refractivity contribution is 0.103. The van der Waals surface area contributed by atoms with Crippen LogP contribution in [0.1, 0.15) is 10.4 Å². The molecular weight excluding hydrogens is 252 g/mol. The van der Waals surface area contributed by atoms with E-state index in [0.29, 0.717) is 5.57 Å². The van der Waals surface area contributed by atoms with E-state index in [4.69, 9.17) is 0 Å². The maximum absolute atomic E-state index is 12.4. The van der Waals surface area contributed by atoms with Crippen molar-refractivity contribution in [3.8, 4) is 5.75 Å². The van der Waals surface area contributed by atoms with E-state index in [2.05, 4.69) is 10.3 Å². The van der Waals surface area contributed by atoms with Crippen molar-refractivity contribution in [3.63, 3.8) is 0 Å². The van der Waals surface area contributed by atoms with E-state index >= 15 is 0 Å². The van der Waals surface area contributed by atoms with Gasteiger partial charge < -0.3 is 10.4 Å². The lowest BCUT2D eigenvalue weighted by Crippen LogP contribution is -2.06. The number of allylic oxidation sites excluding steroid dienone is 1. The molecule has 0 amide bonds. The molecule has 2 N–H and O–H groups in total. The number of hydrogen-bond donors (Lipinski definition) is 2. The van der Waals surface area contributed by atoms with Gasteiger partial charge in [0.15, 0.2) is 5.78 Å². The van der Waals surface area contributed by atoms with E-state index in [1.807, 2.05) is 24.3 Å². The van der Waals surface area contributed by atoms with Gasteiger partial charge in [0.1, 0.15) is 5.75 Å². The predicted molar refractivity (Wildman–Crippen MR) is 78.7 cm³/mol. The van der Waals surface area contributed by atoms with E-state index in [-0.39, 0.29) is 17.1 Å². The Labute approximate surface area is 116 Å². The van der Waals surface area contributed by atoms with Crippen molar-refractivity contribution in [1.29, 1.82) is 0 Å². The number of para-hydroxylation sites is 3. The van der Waals surface area contributed by atoms with Crippen LogP contribution in [0.15, 0.2) is 65.3 Å². The van der Waals surface area contributed by atoms with Crippen LogP contribution in [0.3, 0.4) is 0 Å². The highest BCUT2D eigenvalue weighted by molar-refractivity contribution is 6.23. The van der Waals surface area contributed by atoms with Crippen LogP contribution in [0.4, 0.5) is 11.4 Å². The molecule has 0 atom stereocenters. The zero-order valence-corrected chi connectivity index (χ0v) is 10.6. The number of benzene rings is 2. The molecule has 1 aliphatic rings. The van der Waals surface area contributed by atoms with Gasteiger partial charge in [-0.05, 0) is 24.3 Å². The summed E-state index contributed by atoms with van der Waals surface area (Å²) in [7, 11) is 0. The summed E-state index contributed by atoms with van der Waals surface area (Å²) in [6.07, 6.45) is 3.11. The molecule has 20 heavy (non-hydrogen) atoms. The molecule has 4 nitrogen and oxygen atoms in total. The van der Waals surface area contributed by atoms with Crippen molar-refractivity contribution in [2.45, 2.75) is 0 Å². The number of hydrogen-bond acceptors (Lipinski definition) is 4. The second kappa shape index (κ2) is 5.01. The van der Waals surface area contributed by atoms with E-state index < -0.39 is 0 Å². The van der Waals surface area contributed by atoms with Crippen molar-refractivity contribution in [3.05, 3.63) is 65.9 Å². The summed E-state index contributed by atoms with van der Waals surface area (Å²) in [5, 5.41) is 12.8. The maximum Gasteiger partial charge on any atom is 0.199 e. The molecule has 0 saturated heterocycles. The van der Waals surface area contributed by atoms with Crippen molar-refractivity contribution >= 4 is 23.4 Å². The smallest absolute Gasteiger partial charge is 0.199 e. The Hall–Kier alpha value is -2.88. The van der Waals surface area contributed by atoms with Crippen LogP contribution in [-0.2, 0) is 0 Å². The Morgan fingerprint density at radius 1 is 1.05 bits per heavy atom. The summed E-state index contributed by atoms with van der Waals surface area (Å²) in [6, 6.07) is 14.0. The molecule has 0 radical (unpaired) electrons. The first-order chi connectivity index (χ1) is 9.75. The van der Waals surface area contributed by atoms with Crippen LogP contribution in [-0.4, -0.2) is 17.1 Å². The molecule has 0 saturated carbocycles. The SMILES string of the molecule is O=C(C1=CNc2ccccc2N=C1)c1ccccc1O. The highest BCUT2D eigenvalue weighted by atomic mass is 16.3. The van der Waals surface area contributed by atoms with Crippen molar-refractivity contribution in [1.82, 2.24) is 0 Å². The van der Waals surface area contributed by atoms with Crippen molar-refractivity contribution in [2.24, 2.45) is 4.99 Å². The number of rotatable bonds is 2. The number of ketones is 1. The van der Waals surface area contributed by atoms with Crippen molar-refractivity contribution < 1.29 is 9.90 Å². The standard InChI is InChI=1S/C16H12N2O2/c19-15-8-4-1-5-12(15)16(20)11-9-17-13-6-2-3-7-14(13)18-10-11/h1-10,17,19H. The normalized spacial score (nSPS) is 12.9. The number of phenolic OH excluding ortho intramolecular Hbond substituents is 1. The van der Waals surface area contributed by atoms with Crippen LogP contribution >= 0.6 is 0 Å². The number of nitrogens with zero attached hydrogens (tertiary/aromatic N) is 1. The molecule has 2 aromatic rings. The molecule has 0 unspecified atom stereocenters. The third kappa shape index (κ3) is 2.19. The van der Waals surface area contributed by atoms with Gasteiger partial charge in [-0.1, -0.05) is 24.3 Å². The molecule has 0 aromatic heterocycles. The van der Waals surface area contributed by atoms with Crippen LogP contribution < -0.4 is 5.32 Å². The third-order valence-corrected chi connectivity index (χ3v) is 3.04. The Balaban J connectivity index is 1.95. The fourth-order valence-electron chi connectivity index (χ4n) is 1.99. The number of carbonyl (C=O) groups is 1. The minimum atomic E-state index is -0.271. The molecular formula is C16H12N2O2. The number of aromatic hydroxyl groups is 1. The zero-order chi connectivity index (χ0) is 13.9. The molecule has 1 aliphatic heterocycles. The van der Waals surface area contributed by atoms with Crippen LogP contribution in [0, 0.1) is 0 Å². The van der Waals surface area contributed by atoms with Gasteiger partial charge in [-0.25, -0.2) is 0 Å². The second-order valence-electron chi connectivity index (χ2n) is 4.37. The van der Waals surface area contributed by atoms with E-state index in [9.17, 15) is 9.90 Å². The summed E-state index contributed by atoms with van der Waals surface area (Å²) in [6.45, 7) is 0. The molecule has 0 fully saturated rings. The molecule has 0 aliphatic carbocycles. The van der Waals surface area contributed by atoms with Gasteiger partial charge in [-0.3, -0.25) is 9.79 Å². The highest BCUT2D eigenvalue weighted by Gasteiger charge is 2.16. The first kappa shape index (κ1) is 12.2. The van der Waals surface area contributed by atoms with Gasteiger partial charge in [0.2, 0.25) is 0 Å². The second-order valence-corrected chi connectivity index (χ2v) is 4.37. The Morgan fingerprint density at radius 3 is 2.65 bits per heavy atom. The summed E-state index contributed by atoms with van der Waals surface area (Å²) >= 11 is 0. The average molecular weight is 264 g/mol. The quantitative estimate of drug-likeness (QED) is 0.818. The topological polar surface area (TPSA) is 61.7 Å². The summed E-state index contributed by atoms with van der Waals surface area (Å²) in [5.74, 6) is -0.305. The van der Waals surface area contributed by atoms with Crippen LogP contribution in [0.25, 0.3) is 0 Å². The zero-order valence-electron chi connectivity index (χ0n) is 10.6. The van der Waals surface area contributed by atoms with E-state index in [0.717, 1.165) is 11.4 Å². The largest absolute Gasteiger partial charge is 0.507 e. The summed E-state index contributed by atoms with van der Waals surface area (Å²) in [5.41, 5.74) is 2.26. The Bertz CT molecular complexity index is 733. The van der Waals surface area contributed by atoms with Gasteiger partial charge in [-0.15, -0.1) is 0 Å². The number of carbonyl (C=O) groups excluding carboxylic acids is 1. The first-order valence-electron chi connectivity index (χ1n) is 6.18. The molecule has 2 aromatic carbocycles. The average Bonchev–Trinajstić information content (AvgIpc) is 2.70. The number of Topliss-reactive ketones (excluding diaryl/α,β-unsaturated/α-hetero) is 1. The highest BCUT2D eigenvalue weighted by Crippen LogP contribution is 2.27. The lowest BCUT2D eigenvalue weighted by Gasteiger charge is -2.04. The molecule has 0 bridgehead atoms. The van der Waals surface area contributed by atoms with Gasteiger partial charge in [0.25, 0.3) is 0 Å². The molecule has 3 rings (SSSR count). The monoisotopic (exact) mass is 264 g/mol.